The van der Waals surface area contributed by atoms with Crippen molar-refractivity contribution in [3.8, 4) is 5.75 Å². The maximum Gasteiger partial charge on any atom is 0.274 e. The van der Waals surface area contributed by atoms with E-state index in [0.29, 0.717) is 12.2 Å². The van der Waals surface area contributed by atoms with Crippen molar-refractivity contribution in [1.82, 2.24) is 0 Å². The highest BCUT2D eigenvalue weighted by atomic mass is 35.5. The summed E-state index contributed by atoms with van der Waals surface area (Å²) in [6.07, 6.45) is 0. The number of benzene rings is 2. The lowest BCUT2D eigenvalue weighted by Gasteiger charge is -2.10. The zero-order chi connectivity index (χ0) is 15.1. The average molecular weight is 304 g/mol. The highest BCUT2D eigenvalue weighted by molar-refractivity contribution is 6.84. The molecule has 4 nitrogen and oxygen atoms in total. The quantitative estimate of drug-likeness (QED) is 0.467. The molecule has 0 amide bonds. The van der Waals surface area contributed by atoms with Gasteiger partial charge in [-0.3, -0.25) is 4.79 Å². The molecule has 0 spiro atoms. The number of carbonyl (C=O) groups excluding carboxylic acids is 1. The van der Waals surface area contributed by atoms with Crippen molar-refractivity contribution >= 4 is 22.6 Å². The van der Waals surface area contributed by atoms with Gasteiger partial charge in [0.25, 0.3) is 5.24 Å². The summed E-state index contributed by atoms with van der Waals surface area (Å²) < 4.78 is 5.69. The number of para-hydroxylation sites is 1. The van der Waals surface area contributed by atoms with E-state index in [1.807, 2.05) is 42.5 Å². The normalized spacial score (nSPS) is 11.0. The third-order valence-electron chi connectivity index (χ3n) is 2.78. The Balaban J connectivity index is 2.24. The Hall–Kier alpha value is -2.33. The second-order valence-corrected chi connectivity index (χ2v) is 4.50. The molecular weight excluding hydrogens is 290 g/mol. The summed E-state index contributed by atoms with van der Waals surface area (Å²) in [5.74, 6) is 0.745. The first-order valence-corrected chi connectivity index (χ1v) is 6.67. The van der Waals surface area contributed by atoms with Gasteiger partial charge in [-0.15, -0.1) is 0 Å². The fourth-order valence-corrected chi connectivity index (χ4v) is 1.97. The number of nitrogens with zero attached hydrogens (tertiary/aromatic N) is 1. The van der Waals surface area contributed by atoms with Crippen LogP contribution in [0.15, 0.2) is 59.8 Å². The van der Waals surface area contributed by atoms with E-state index in [2.05, 4.69) is 9.99 Å². The van der Waals surface area contributed by atoms with E-state index >= 15 is 0 Å². The molecule has 0 heterocycles. The van der Waals surface area contributed by atoms with Crippen LogP contribution < -0.4 is 4.74 Å². The van der Waals surface area contributed by atoms with Crippen molar-refractivity contribution in [2.24, 2.45) is 5.16 Å². The first-order valence-electron chi connectivity index (χ1n) is 6.29. The topological polar surface area (TPSA) is 47.9 Å². The molecule has 0 fully saturated rings. The van der Waals surface area contributed by atoms with Gasteiger partial charge in [-0.25, -0.2) is 0 Å². The molecule has 21 heavy (non-hydrogen) atoms. The Bertz CT molecular complexity index is 641. The third kappa shape index (κ3) is 4.07. The van der Waals surface area contributed by atoms with Crippen LogP contribution in [0.3, 0.4) is 0 Å². The fourth-order valence-electron chi connectivity index (χ4n) is 1.84. The van der Waals surface area contributed by atoms with E-state index in [1.165, 1.54) is 7.11 Å². The Kier molecular flexibility index (Phi) is 5.35. The predicted molar refractivity (Wildman–Crippen MR) is 81.6 cm³/mol. The number of rotatable bonds is 6. The monoisotopic (exact) mass is 303 g/mol. The van der Waals surface area contributed by atoms with Crippen LogP contribution in [0, 0.1) is 0 Å². The molecule has 0 aliphatic carbocycles. The third-order valence-corrected chi connectivity index (χ3v) is 2.96. The standard InChI is InChI=1S/C16H14ClNO3/c1-20-18-15(16(17)19)14-10-6-5-7-12(14)11-21-13-8-3-2-4-9-13/h2-10H,11H2,1H3. The lowest BCUT2D eigenvalue weighted by molar-refractivity contribution is -0.106. The number of hydrogen-bond acceptors (Lipinski definition) is 4. The predicted octanol–water partition coefficient (Wildman–Crippen LogP) is 3.38. The molecule has 5 heteroatoms. The fraction of sp³-hybridized carbons (Fsp3) is 0.125. The summed E-state index contributed by atoms with van der Waals surface area (Å²) in [6, 6.07) is 16.7. The number of carbonyl (C=O) groups is 1. The molecule has 0 aliphatic heterocycles. The summed E-state index contributed by atoms with van der Waals surface area (Å²) in [6.45, 7) is 0.299. The van der Waals surface area contributed by atoms with E-state index in [0.717, 1.165) is 11.3 Å². The van der Waals surface area contributed by atoms with E-state index in [9.17, 15) is 4.79 Å². The van der Waals surface area contributed by atoms with Crippen molar-refractivity contribution in [2.45, 2.75) is 6.61 Å². The summed E-state index contributed by atoms with van der Waals surface area (Å²) >= 11 is 5.56. The van der Waals surface area contributed by atoms with Crippen molar-refractivity contribution < 1.29 is 14.4 Å². The molecule has 0 unspecified atom stereocenters. The number of halogens is 1. The lowest BCUT2D eigenvalue weighted by atomic mass is 10.0. The van der Waals surface area contributed by atoms with Crippen LogP contribution in [-0.2, 0) is 16.2 Å². The highest BCUT2D eigenvalue weighted by Crippen LogP contribution is 2.16. The molecule has 0 bridgehead atoms. The molecule has 0 N–H and O–H groups in total. The Morgan fingerprint density at radius 2 is 1.76 bits per heavy atom. The Morgan fingerprint density at radius 1 is 1.10 bits per heavy atom. The minimum Gasteiger partial charge on any atom is -0.489 e. The van der Waals surface area contributed by atoms with Crippen LogP contribution in [0.5, 0.6) is 5.75 Å². The number of oxime groups is 1. The van der Waals surface area contributed by atoms with Crippen LogP contribution in [0.4, 0.5) is 0 Å². The average Bonchev–Trinajstić information content (AvgIpc) is 2.52. The molecule has 108 valence electrons. The number of hydrogen-bond donors (Lipinski definition) is 0. The van der Waals surface area contributed by atoms with Crippen LogP contribution in [0.2, 0.25) is 0 Å². The molecule has 2 rings (SSSR count). The minimum atomic E-state index is -0.677. The summed E-state index contributed by atoms with van der Waals surface area (Å²) in [5, 5.41) is 3.01. The summed E-state index contributed by atoms with van der Waals surface area (Å²) in [5.41, 5.74) is 1.45. The molecule has 0 atom stereocenters. The van der Waals surface area contributed by atoms with Crippen molar-refractivity contribution in [3.63, 3.8) is 0 Å². The molecule has 0 aliphatic rings. The maximum absolute atomic E-state index is 11.5. The molecule has 0 aromatic heterocycles. The minimum absolute atomic E-state index is 0.0615. The first kappa shape index (κ1) is 15.1. The molecule has 0 saturated heterocycles. The number of ether oxygens (including phenoxy) is 1. The highest BCUT2D eigenvalue weighted by Gasteiger charge is 2.16. The second-order valence-electron chi connectivity index (χ2n) is 4.16. The van der Waals surface area contributed by atoms with E-state index in [1.54, 1.807) is 12.1 Å². The van der Waals surface area contributed by atoms with Crippen LogP contribution in [0.25, 0.3) is 0 Å². The van der Waals surface area contributed by atoms with Gasteiger partial charge in [0.15, 0.2) is 5.71 Å². The van der Waals surface area contributed by atoms with E-state index in [4.69, 9.17) is 16.3 Å². The van der Waals surface area contributed by atoms with Crippen molar-refractivity contribution in [1.29, 1.82) is 0 Å². The Morgan fingerprint density at radius 3 is 2.43 bits per heavy atom. The lowest BCUT2D eigenvalue weighted by Crippen LogP contribution is -2.13. The van der Waals surface area contributed by atoms with Crippen molar-refractivity contribution in [3.05, 3.63) is 65.7 Å². The van der Waals surface area contributed by atoms with Crippen LogP contribution in [0.1, 0.15) is 11.1 Å². The molecule has 0 saturated carbocycles. The largest absolute Gasteiger partial charge is 0.489 e. The van der Waals surface area contributed by atoms with Gasteiger partial charge in [0.2, 0.25) is 0 Å². The van der Waals surface area contributed by atoms with Gasteiger partial charge < -0.3 is 9.57 Å². The van der Waals surface area contributed by atoms with Crippen molar-refractivity contribution in [2.75, 3.05) is 7.11 Å². The second kappa shape index (κ2) is 7.45. The molecule has 2 aromatic rings. The smallest absolute Gasteiger partial charge is 0.274 e. The van der Waals surface area contributed by atoms with Gasteiger partial charge in [-0.05, 0) is 29.3 Å². The maximum atomic E-state index is 11.5. The van der Waals surface area contributed by atoms with Crippen LogP contribution in [-0.4, -0.2) is 18.1 Å². The molecular formula is C16H14ClNO3. The molecule has 0 radical (unpaired) electrons. The van der Waals surface area contributed by atoms with Gasteiger partial charge >= 0.3 is 0 Å². The summed E-state index contributed by atoms with van der Waals surface area (Å²) in [7, 11) is 1.36. The Labute approximate surface area is 127 Å². The van der Waals surface area contributed by atoms with Gasteiger partial charge in [-0.2, -0.15) is 0 Å². The van der Waals surface area contributed by atoms with Gasteiger partial charge in [0.05, 0.1) is 0 Å². The van der Waals surface area contributed by atoms with Gasteiger partial charge in [0.1, 0.15) is 19.5 Å². The van der Waals surface area contributed by atoms with E-state index < -0.39 is 5.24 Å². The zero-order valence-electron chi connectivity index (χ0n) is 11.5. The molecule has 2 aromatic carbocycles. The van der Waals surface area contributed by atoms with E-state index in [-0.39, 0.29) is 5.71 Å². The first-order chi connectivity index (χ1) is 10.2. The van der Waals surface area contributed by atoms with Gasteiger partial charge in [0, 0.05) is 5.56 Å². The zero-order valence-corrected chi connectivity index (χ0v) is 12.2. The van der Waals surface area contributed by atoms with Gasteiger partial charge in [-0.1, -0.05) is 47.6 Å². The summed E-state index contributed by atoms with van der Waals surface area (Å²) in [4.78, 5) is 16.2. The SMILES string of the molecule is CON=C(C(=O)Cl)c1ccccc1COc1ccccc1. The van der Waals surface area contributed by atoms with Crippen LogP contribution >= 0.6 is 11.6 Å².